The third kappa shape index (κ3) is 3.22. The first kappa shape index (κ1) is 16.7. The summed E-state index contributed by atoms with van der Waals surface area (Å²) < 4.78 is 40.5. The Balaban J connectivity index is 2.03. The van der Waals surface area contributed by atoms with E-state index in [2.05, 4.69) is 15.3 Å². The Kier molecular flexibility index (Phi) is 4.23. The van der Waals surface area contributed by atoms with Crippen molar-refractivity contribution in [2.45, 2.75) is 51.7 Å². The third-order valence-electron chi connectivity index (χ3n) is 4.11. The summed E-state index contributed by atoms with van der Waals surface area (Å²) in [7, 11) is 0. The number of imidazole rings is 1. The van der Waals surface area contributed by atoms with E-state index in [4.69, 9.17) is 0 Å². The normalized spacial score (nSPS) is 15.8. The Bertz CT molecular complexity index is 763. The lowest BCUT2D eigenvalue weighted by Gasteiger charge is -2.28. The molecule has 0 atom stereocenters. The fourth-order valence-electron chi connectivity index (χ4n) is 2.76. The van der Waals surface area contributed by atoms with Gasteiger partial charge in [0.25, 0.3) is 0 Å². The molecule has 2 heterocycles. The van der Waals surface area contributed by atoms with Crippen molar-refractivity contribution in [3.63, 3.8) is 0 Å². The minimum Gasteiger partial charge on any atom is -0.296 e. The van der Waals surface area contributed by atoms with Crippen LogP contribution in [0.5, 0.6) is 0 Å². The smallest absolute Gasteiger partial charge is 0.296 e. The first-order chi connectivity index (χ1) is 11.3. The van der Waals surface area contributed by atoms with Crippen molar-refractivity contribution >= 4 is 23.0 Å². The lowest BCUT2D eigenvalue weighted by Crippen LogP contribution is -2.23. The van der Waals surface area contributed by atoms with Crippen molar-refractivity contribution in [3.05, 3.63) is 17.8 Å². The minimum absolute atomic E-state index is 0.0281. The Hall–Kier alpha value is -2.12. The van der Waals surface area contributed by atoms with Crippen molar-refractivity contribution in [1.82, 2.24) is 14.5 Å². The van der Waals surface area contributed by atoms with Gasteiger partial charge < -0.3 is 0 Å². The summed E-state index contributed by atoms with van der Waals surface area (Å²) in [6, 6.07) is 2.25. The van der Waals surface area contributed by atoms with Crippen LogP contribution in [-0.2, 0) is 11.0 Å². The topological polar surface area (TPSA) is 59.8 Å². The molecule has 0 aromatic carbocycles. The summed E-state index contributed by atoms with van der Waals surface area (Å²) in [5, 5.41) is 2.73. The van der Waals surface area contributed by atoms with Crippen LogP contribution in [-0.4, -0.2) is 20.4 Å². The highest BCUT2D eigenvalue weighted by atomic mass is 19.4. The zero-order chi connectivity index (χ0) is 17.5. The number of fused-ring (bicyclic) bond motifs is 1. The van der Waals surface area contributed by atoms with Crippen molar-refractivity contribution < 1.29 is 18.0 Å². The number of pyridine rings is 1. The van der Waals surface area contributed by atoms with E-state index in [1.165, 1.54) is 6.07 Å². The van der Waals surface area contributed by atoms with Crippen molar-refractivity contribution in [2.24, 2.45) is 5.92 Å². The first-order valence-corrected chi connectivity index (χ1v) is 8.01. The summed E-state index contributed by atoms with van der Waals surface area (Å²) in [6.45, 7) is 3.84. The van der Waals surface area contributed by atoms with E-state index >= 15 is 0 Å². The third-order valence-corrected chi connectivity index (χ3v) is 4.11. The summed E-state index contributed by atoms with van der Waals surface area (Å²) >= 11 is 0. The zero-order valence-corrected chi connectivity index (χ0v) is 13.5. The van der Waals surface area contributed by atoms with Crippen molar-refractivity contribution in [1.29, 1.82) is 0 Å². The summed E-state index contributed by atoms with van der Waals surface area (Å²) in [5.41, 5.74) is -0.417. The molecule has 0 saturated heterocycles. The minimum atomic E-state index is -4.51. The van der Waals surface area contributed by atoms with Crippen LogP contribution in [0.4, 0.5) is 19.1 Å². The highest BCUT2D eigenvalue weighted by Gasteiger charge is 2.34. The van der Waals surface area contributed by atoms with Crippen LogP contribution in [0.2, 0.25) is 0 Å². The van der Waals surface area contributed by atoms with Gasteiger partial charge >= 0.3 is 6.18 Å². The van der Waals surface area contributed by atoms with Gasteiger partial charge in [0.05, 0.1) is 0 Å². The SMILES string of the molecule is CC(C)CC(=O)Nc1nc2ccc(C(F)(F)F)nc2n1C1CCC1. The van der Waals surface area contributed by atoms with E-state index in [1.807, 2.05) is 13.8 Å². The molecule has 0 aliphatic heterocycles. The number of rotatable bonds is 4. The largest absolute Gasteiger partial charge is 0.433 e. The van der Waals surface area contributed by atoms with Crippen LogP contribution < -0.4 is 5.32 Å². The van der Waals surface area contributed by atoms with Gasteiger partial charge in [-0.25, -0.2) is 9.97 Å². The van der Waals surface area contributed by atoms with E-state index in [0.717, 1.165) is 25.3 Å². The molecule has 130 valence electrons. The Morgan fingerprint density at radius 2 is 2.04 bits per heavy atom. The zero-order valence-electron chi connectivity index (χ0n) is 13.5. The van der Waals surface area contributed by atoms with Crippen LogP contribution >= 0.6 is 0 Å². The maximum atomic E-state index is 12.9. The van der Waals surface area contributed by atoms with Gasteiger partial charge in [-0.2, -0.15) is 13.2 Å². The van der Waals surface area contributed by atoms with Gasteiger partial charge in [0, 0.05) is 12.5 Å². The second-order valence-electron chi connectivity index (χ2n) is 6.57. The lowest BCUT2D eigenvalue weighted by molar-refractivity contribution is -0.141. The van der Waals surface area contributed by atoms with E-state index in [0.29, 0.717) is 11.9 Å². The highest BCUT2D eigenvalue weighted by Crippen LogP contribution is 2.37. The van der Waals surface area contributed by atoms with E-state index in [9.17, 15) is 18.0 Å². The molecule has 2 aromatic heterocycles. The number of nitrogens with one attached hydrogen (secondary N) is 1. The van der Waals surface area contributed by atoms with Gasteiger partial charge in [-0.05, 0) is 37.3 Å². The molecule has 0 spiro atoms. The fourth-order valence-corrected chi connectivity index (χ4v) is 2.76. The van der Waals surface area contributed by atoms with Crippen molar-refractivity contribution in [2.75, 3.05) is 5.32 Å². The number of carbonyl (C=O) groups is 1. The molecule has 0 unspecified atom stereocenters. The summed E-state index contributed by atoms with van der Waals surface area (Å²) in [6.07, 6.45) is -1.49. The Morgan fingerprint density at radius 3 is 2.58 bits per heavy atom. The lowest BCUT2D eigenvalue weighted by atomic mass is 9.93. The number of aromatic nitrogens is 3. The molecule has 0 bridgehead atoms. The maximum Gasteiger partial charge on any atom is 0.433 e. The van der Waals surface area contributed by atoms with E-state index in [-0.39, 0.29) is 29.5 Å². The van der Waals surface area contributed by atoms with Gasteiger partial charge in [-0.1, -0.05) is 13.8 Å². The molecule has 5 nitrogen and oxygen atoms in total. The quantitative estimate of drug-likeness (QED) is 0.909. The second kappa shape index (κ2) is 6.07. The number of amides is 1. The molecule has 1 saturated carbocycles. The standard InChI is InChI=1S/C16H19F3N4O/c1-9(2)8-13(24)22-15-20-11-6-7-12(16(17,18)19)21-14(11)23(15)10-4-3-5-10/h6-7,9-10H,3-5,8H2,1-2H3,(H,20,22,24). The van der Waals surface area contributed by atoms with E-state index in [1.54, 1.807) is 4.57 Å². The van der Waals surface area contributed by atoms with Gasteiger partial charge in [-0.15, -0.1) is 0 Å². The molecule has 0 radical (unpaired) electrons. The molecular weight excluding hydrogens is 321 g/mol. The predicted molar refractivity (Wildman–Crippen MR) is 83.5 cm³/mol. The number of carbonyl (C=O) groups excluding carboxylic acids is 1. The number of hydrogen-bond donors (Lipinski definition) is 1. The molecule has 1 amide bonds. The Labute approximate surface area is 137 Å². The van der Waals surface area contributed by atoms with Crippen molar-refractivity contribution in [3.8, 4) is 0 Å². The van der Waals surface area contributed by atoms with Crippen LogP contribution in [0.15, 0.2) is 12.1 Å². The van der Waals surface area contributed by atoms with Crippen LogP contribution in [0, 0.1) is 5.92 Å². The molecule has 8 heteroatoms. The molecule has 2 aromatic rings. The fraction of sp³-hybridized carbons (Fsp3) is 0.562. The number of alkyl halides is 3. The average molecular weight is 340 g/mol. The van der Waals surface area contributed by atoms with Crippen LogP contribution in [0.3, 0.4) is 0 Å². The number of halogens is 3. The van der Waals surface area contributed by atoms with Gasteiger partial charge in [0.15, 0.2) is 5.65 Å². The summed E-state index contributed by atoms with van der Waals surface area (Å²) in [4.78, 5) is 20.1. The second-order valence-corrected chi connectivity index (χ2v) is 6.57. The molecule has 1 N–H and O–H groups in total. The average Bonchev–Trinajstić information content (AvgIpc) is 2.72. The number of hydrogen-bond acceptors (Lipinski definition) is 3. The molecule has 1 aliphatic rings. The summed E-state index contributed by atoms with van der Waals surface area (Å²) in [5.74, 6) is 0.269. The maximum absolute atomic E-state index is 12.9. The number of nitrogens with zero attached hydrogens (tertiary/aromatic N) is 3. The van der Waals surface area contributed by atoms with E-state index < -0.39 is 11.9 Å². The van der Waals surface area contributed by atoms with Gasteiger partial charge in [0.2, 0.25) is 11.9 Å². The first-order valence-electron chi connectivity index (χ1n) is 8.01. The van der Waals surface area contributed by atoms with Crippen LogP contribution in [0.1, 0.15) is 51.3 Å². The van der Waals surface area contributed by atoms with Gasteiger partial charge in [0.1, 0.15) is 11.2 Å². The highest BCUT2D eigenvalue weighted by molar-refractivity contribution is 5.91. The Morgan fingerprint density at radius 1 is 1.33 bits per heavy atom. The molecular formula is C16H19F3N4O. The monoisotopic (exact) mass is 340 g/mol. The predicted octanol–water partition coefficient (Wildman–Crippen LogP) is 4.16. The molecule has 1 fully saturated rings. The molecule has 24 heavy (non-hydrogen) atoms. The molecule has 1 aliphatic carbocycles. The van der Waals surface area contributed by atoms with Crippen LogP contribution in [0.25, 0.3) is 11.2 Å². The van der Waals surface area contributed by atoms with Gasteiger partial charge in [-0.3, -0.25) is 14.7 Å². The molecule has 3 rings (SSSR count). The number of anilines is 1.